The quantitative estimate of drug-likeness (QED) is 0.495. The second kappa shape index (κ2) is 9.06. The van der Waals surface area contributed by atoms with Crippen molar-refractivity contribution in [3.05, 3.63) is 74.6 Å². The van der Waals surface area contributed by atoms with Crippen LogP contribution in [0.2, 0.25) is 0 Å². The van der Waals surface area contributed by atoms with Gasteiger partial charge in [0, 0.05) is 29.2 Å². The summed E-state index contributed by atoms with van der Waals surface area (Å²) in [5, 5.41) is 5.87. The van der Waals surface area contributed by atoms with Crippen molar-refractivity contribution in [3.63, 3.8) is 0 Å². The van der Waals surface area contributed by atoms with Gasteiger partial charge in [0.05, 0.1) is 0 Å². The van der Waals surface area contributed by atoms with Gasteiger partial charge < -0.3 is 15.1 Å². The maximum absolute atomic E-state index is 12.4. The van der Waals surface area contributed by atoms with Crippen LogP contribution in [0.3, 0.4) is 0 Å². The lowest BCUT2D eigenvalue weighted by molar-refractivity contribution is -0.123. The zero-order valence-corrected chi connectivity index (χ0v) is 18.3. The number of carbonyl (C=O) groups excluding carboxylic acids is 1. The molecular weight excluding hydrogens is 421 g/mol. The zero-order chi connectivity index (χ0) is 23.6. The summed E-state index contributed by atoms with van der Waals surface area (Å²) < 4.78 is 42.5. The SMILES string of the molecule is Cc1ccc(C(=O)NCC(F)(F)F)cc1NCc1cc(=O)oc2cc(C)c(C(C)C)cc12. The molecule has 0 atom stereocenters. The van der Waals surface area contributed by atoms with Crippen LogP contribution in [-0.2, 0) is 6.54 Å². The predicted molar refractivity (Wildman–Crippen MR) is 118 cm³/mol. The van der Waals surface area contributed by atoms with Crippen LogP contribution in [0.25, 0.3) is 11.0 Å². The Morgan fingerprint density at radius 2 is 1.78 bits per heavy atom. The number of nitrogens with one attached hydrogen (secondary N) is 2. The van der Waals surface area contributed by atoms with Gasteiger partial charge in [-0.25, -0.2) is 4.79 Å². The predicted octanol–water partition coefficient (Wildman–Crippen LogP) is 5.44. The van der Waals surface area contributed by atoms with E-state index in [1.807, 2.05) is 31.3 Å². The number of hydrogen-bond donors (Lipinski definition) is 2. The molecule has 0 bridgehead atoms. The summed E-state index contributed by atoms with van der Waals surface area (Å²) in [5.41, 5.74) is 4.44. The molecule has 0 saturated heterocycles. The van der Waals surface area contributed by atoms with Crippen molar-refractivity contribution in [2.45, 2.75) is 46.3 Å². The van der Waals surface area contributed by atoms with Crippen LogP contribution in [0, 0.1) is 13.8 Å². The minimum atomic E-state index is -4.48. The number of halogens is 3. The highest BCUT2D eigenvalue weighted by Crippen LogP contribution is 2.27. The molecule has 3 aromatic rings. The minimum absolute atomic E-state index is 0.109. The summed E-state index contributed by atoms with van der Waals surface area (Å²) >= 11 is 0. The van der Waals surface area contributed by atoms with Crippen LogP contribution >= 0.6 is 0 Å². The number of benzene rings is 2. The Balaban J connectivity index is 1.88. The summed E-state index contributed by atoms with van der Waals surface area (Å²) in [7, 11) is 0. The van der Waals surface area contributed by atoms with Crippen LogP contribution in [-0.4, -0.2) is 18.6 Å². The van der Waals surface area contributed by atoms with Crippen LogP contribution in [0.15, 0.2) is 45.6 Å². The molecule has 2 N–H and O–H groups in total. The summed E-state index contributed by atoms with van der Waals surface area (Å²) in [4.78, 5) is 24.2. The van der Waals surface area contributed by atoms with Gasteiger partial charge in [-0.1, -0.05) is 19.9 Å². The van der Waals surface area contributed by atoms with Gasteiger partial charge in [0.2, 0.25) is 0 Å². The first-order valence-corrected chi connectivity index (χ1v) is 10.2. The lowest BCUT2D eigenvalue weighted by Gasteiger charge is -2.15. The first-order valence-electron chi connectivity index (χ1n) is 10.2. The maximum atomic E-state index is 12.4. The molecule has 0 radical (unpaired) electrons. The Morgan fingerprint density at radius 3 is 2.44 bits per heavy atom. The number of amides is 1. The number of rotatable bonds is 6. The summed E-state index contributed by atoms with van der Waals surface area (Å²) in [6.45, 7) is 6.84. The molecule has 0 aliphatic heterocycles. The number of fused-ring (bicyclic) bond motifs is 1. The molecule has 8 heteroatoms. The van der Waals surface area contributed by atoms with Gasteiger partial charge in [0.25, 0.3) is 5.91 Å². The molecule has 0 saturated carbocycles. The third-order valence-electron chi connectivity index (χ3n) is 5.26. The number of aryl methyl sites for hydroxylation is 2. The fraction of sp³-hybridized carbons (Fsp3) is 0.333. The fourth-order valence-corrected chi connectivity index (χ4v) is 3.59. The van der Waals surface area contributed by atoms with Gasteiger partial charge in [-0.05, 0) is 66.3 Å². The summed E-state index contributed by atoms with van der Waals surface area (Å²) in [6.07, 6.45) is -4.48. The maximum Gasteiger partial charge on any atom is 0.405 e. The van der Waals surface area contributed by atoms with E-state index in [0.29, 0.717) is 17.2 Å². The third kappa shape index (κ3) is 5.49. The topological polar surface area (TPSA) is 71.3 Å². The largest absolute Gasteiger partial charge is 0.423 e. The Bertz CT molecular complexity index is 1210. The van der Waals surface area contributed by atoms with Crippen molar-refractivity contribution in [2.24, 2.45) is 0 Å². The Kier molecular flexibility index (Phi) is 6.62. The molecule has 0 fully saturated rings. The van der Waals surface area contributed by atoms with Gasteiger partial charge in [-0.2, -0.15) is 13.2 Å². The van der Waals surface area contributed by atoms with E-state index in [1.165, 1.54) is 18.2 Å². The van der Waals surface area contributed by atoms with E-state index >= 15 is 0 Å². The van der Waals surface area contributed by atoms with E-state index in [0.717, 1.165) is 27.6 Å². The van der Waals surface area contributed by atoms with Crippen molar-refractivity contribution in [1.82, 2.24) is 5.32 Å². The van der Waals surface area contributed by atoms with Crippen LogP contribution in [0.5, 0.6) is 0 Å². The average Bonchev–Trinajstić information content (AvgIpc) is 2.69. The molecular formula is C24H25F3N2O3. The van der Waals surface area contributed by atoms with E-state index < -0.39 is 24.3 Å². The molecule has 0 aliphatic carbocycles. The molecule has 0 spiro atoms. The van der Waals surface area contributed by atoms with Crippen molar-refractivity contribution in [3.8, 4) is 0 Å². The summed E-state index contributed by atoms with van der Waals surface area (Å²) in [6, 6.07) is 9.91. The molecule has 0 unspecified atom stereocenters. The lowest BCUT2D eigenvalue weighted by atomic mass is 9.95. The van der Waals surface area contributed by atoms with Gasteiger partial charge in [0.1, 0.15) is 12.1 Å². The molecule has 1 amide bonds. The van der Waals surface area contributed by atoms with Gasteiger partial charge in [-0.15, -0.1) is 0 Å². The average molecular weight is 446 g/mol. The van der Waals surface area contributed by atoms with Crippen molar-refractivity contribution in [2.75, 3.05) is 11.9 Å². The highest BCUT2D eigenvalue weighted by atomic mass is 19.4. The molecule has 3 rings (SSSR count). The van der Waals surface area contributed by atoms with Crippen molar-refractivity contribution in [1.29, 1.82) is 0 Å². The first kappa shape index (κ1) is 23.4. The number of hydrogen-bond acceptors (Lipinski definition) is 4. The van der Waals surface area contributed by atoms with Crippen LogP contribution in [0.1, 0.15) is 52.4 Å². The van der Waals surface area contributed by atoms with E-state index in [-0.39, 0.29) is 12.1 Å². The monoisotopic (exact) mass is 446 g/mol. The van der Waals surface area contributed by atoms with E-state index in [4.69, 9.17) is 4.42 Å². The molecule has 170 valence electrons. The molecule has 0 aliphatic rings. The molecule has 2 aromatic carbocycles. The Labute approximate surface area is 183 Å². The number of alkyl halides is 3. The molecule has 1 aromatic heterocycles. The van der Waals surface area contributed by atoms with Crippen LogP contribution in [0.4, 0.5) is 18.9 Å². The van der Waals surface area contributed by atoms with Gasteiger partial charge in [-0.3, -0.25) is 4.79 Å². The molecule has 5 nitrogen and oxygen atoms in total. The molecule has 32 heavy (non-hydrogen) atoms. The van der Waals surface area contributed by atoms with Gasteiger partial charge in [0.15, 0.2) is 0 Å². The first-order chi connectivity index (χ1) is 14.9. The van der Waals surface area contributed by atoms with Crippen molar-refractivity contribution < 1.29 is 22.4 Å². The van der Waals surface area contributed by atoms with Crippen molar-refractivity contribution >= 4 is 22.6 Å². The van der Waals surface area contributed by atoms with E-state index in [9.17, 15) is 22.8 Å². The van der Waals surface area contributed by atoms with E-state index in [2.05, 4.69) is 19.2 Å². The van der Waals surface area contributed by atoms with Crippen LogP contribution < -0.4 is 16.3 Å². The molecule has 1 heterocycles. The highest BCUT2D eigenvalue weighted by molar-refractivity contribution is 5.95. The smallest absolute Gasteiger partial charge is 0.405 e. The van der Waals surface area contributed by atoms with Gasteiger partial charge >= 0.3 is 11.8 Å². The fourth-order valence-electron chi connectivity index (χ4n) is 3.59. The zero-order valence-electron chi connectivity index (χ0n) is 18.3. The second-order valence-corrected chi connectivity index (χ2v) is 8.13. The van der Waals surface area contributed by atoms with E-state index in [1.54, 1.807) is 6.07 Å². The number of anilines is 1. The lowest BCUT2D eigenvalue weighted by Crippen LogP contribution is -2.33. The normalized spacial score (nSPS) is 11.8. The minimum Gasteiger partial charge on any atom is -0.423 e. The third-order valence-corrected chi connectivity index (χ3v) is 5.26. The Morgan fingerprint density at radius 1 is 1.06 bits per heavy atom. The standard InChI is InChI=1S/C24H25F3N2O3/c1-13(2)18-10-19-17(9-22(30)32-21(19)7-15(18)4)11-28-20-8-16(6-5-14(20)3)23(31)29-12-24(25,26)27/h5-10,13,28H,11-12H2,1-4H3,(H,29,31). The Hall–Kier alpha value is -3.29. The second-order valence-electron chi connectivity index (χ2n) is 8.13. The highest BCUT2D eigenvalue weighted by Gasteiger charge is 2.28. The number of carbonyl (C=O) groups is 1. The summed E-state index contributed by atoms with van der Waals surface area (Å²) in [5.74, 6) is -0.519.